The average molecular weight is 250 g/mol. The van der Waals surface area contributed by atoms with Gasteiger partial charge >= 0.3 is 5.97 Å². The van der Waals surface area contributed by atoms with E-state index in [0.29, 0.717) is 6.61 Å². The molecule has 3 fully saturated rings. The lowest BCUT2D eigenvalue weighted by atomic mass is 9.63. The highest BCUT2D eigenvalue weighted by atomic mass is 16.5. The third kappa shape index (κ3) is 1.31. The third-order valence-corrected chi connectivity index (χ3v) is 5.77. The van der Waals surface area contributed by atoms with E-state index in [1.165, 1.54) is 5.57 Å². The number of rotatable bonds is 1. The quantitative estimate of drug-likeness (QED) is 0.573. The number of cyclic esters (lactones) is 1. The molecule has 2 saturated carbocycles. The van der Waals surface area contributed by atoms with Gasteiger partial charge in [0.25, 0.3) is 0 Å². The average Bonchev–Trinajstić information content (AvgIpc) is 2.66. The molecule has 1 saturated heterocycles. The van der Waals surface area contributed by atoms with Crippen molar-refractivity contribution in [3.63, 3.8) is 0 Å². The Balaban J connectivity index is 2.06. The summed E-state index contributed by atoms with van der Waals surface area (Å²) in [5, 5.41) is 10.4. The lowest BCUT2D eigenvalue weighted by molar-refractivity contribution is -0.143. The van der Waals surface area contributed by atoms with Gasteiger partial charge in [0.2, 0.25) is 0 Å². The molecular formula is C15H22O3. The Bertz CT molecular complexity index is 420. The second-order valence-corrected chi connectivity index (χ2v) is 7.03. The van der Waals surface area contributed by atoms with Gasteiger partial charge in [-0.05, 0) is 43.9 Å². The van der Waals surface area contributed by atoms with Crippen LogP contribution in [0.3, 0.4) is 0 Å². The van der Waals surface area contributed by atoms with Crippen molar-refractivity contribution in [1.82, 2.24) is 0 Å². The Hall–Kier alpha value is -0.830. The third-order valence-electron chi connectivity index (χ3n) is 5.77. The molecule has 100 valence electrons. The summed E-state index contributed by atoms with van der Waals surface area (Å²) in [5.74, 6) is 0.352. The van der Waals surface area contributed by atoms with Gasteiger partial charge in [-0.15, -0.1) is 0 Å². The maximum atomic E-state index is 12.0. The van der Waals surface area contributed by atoms with Crippen molar-refractivity contribution in [2.75, 3.05) is 6.61 Å². The van der Waals surface area contributed by atoms with Crippen molar-refractivity contribution in [3.8, 4) is 0 Å². The SMILES string of the molecule is C=C1[C@@H]2C(C(C)(C)O)CC[C@@]1(C)[C@@H]1COC(=O)[C@H]21. The Morgan fingerprint density at radius 1 is 1.44 bits per heavy atom. The minimum absolute atomic E-state index is 0.0310. The van der Waals surface area contributed by atoms with E-state index in [-0.39, 0.29) is 35.1 Å². The van der Waals surface area contributed by atoms with E-state index in [0.717, 1.165) is 12.8 Å². The minimum atomic E-state index is -0.757. The van der Waals surface area contributed by atoms with Gasteiger partial charge in [0.05, 0.1) is 18.1 Å². The highest BCUT2D eigenvalue weighted by molar-refractivity contribution is 5.77. The molecule has 3 nitrogen and oxygen atoms in total. The molecule has 1 unspecified atom stereocenters. The molecule has 3 rings (SSSR count). The fraction of sp³-hybridized carbons (Fsp3) is 0.800. The topological polar surface area (TPSA) is 46.5 Å². The smallest absolute Gasteiger partial charge is 0.310 e. The van der Waals surface area contributed by atoms with Gasteiger partial charge < -0.3 is 9.84 Å². The van der Waals surface area contributed by atoms with E-state index < -0.39 is 5.60 Å². The zero-order chi connectivity index (χ0) is 13.3. The Morgan fingerprint density at radius 3 is 2.72 bits per heavy atom. The van der Waals surface area contributed by atoms with Crippen molar-refractivity contribution in [1.29, 1.82) is 0 Å². The second-order valence-electron chi connectivity index (χ2n) is 7.03. The van der Waals surface area contributed by atoms with Crippen LogP contribution in [0.15, 0.2) is 12.2 Å². The molecule has 1 aliphatic heterocycles. The number of ether oxygens (including phenoxy) is 1. The minimum Gasteiger partial charge on any atom is -0.465 e. The largest absolute Gasteiger partial charge is 0.465 e. The molecule has 5 atom stereocenters. The molecule has 0 aromatic heterocycles. The summed E-state index contributed by atoms with van der Waals surface area (Å²) in [6.07, 6.45) is 1.98. The molecule has 18 heavy (non-hydrogen) atoms. The first-order valence-corrected chi connectivity index (χ1v) is 6.85. The fourth-order valence-corrected chi connectivity index (χ4v) is 4.62. The van der Waals surface area contributed by atoms with E-state index in [2.05, 4.69) is 13.5 Å². The lowest BCUT2D eigenvalue weighted by Crippen LogP contribution is -2.42. The number of carbonyl (C=O) groups excluding carboxylic acids is 1. The Labute approximate surface area is 108 Å². The predicted molar refractivity (Wildman–Crippen MR) is 67.7 cm³/mol. The van der Waals surface area contributed by atoms with E-state index in [4.69, 9.17) is 4.74 Å². The molecule has 0 aromatic rings. The van der Waals surface area contributed by atoms with Crippen molar-refractivity contribution in [3.05, 3.63) is 12.2 Å². The number of esters is 1. The van der Waals surface area contributed by atoms with Crippen LogP contribution in [0.4, 0.5) is 0 Å². The molecular weight excluding hydrogens is 228 g/mol. The van der Waals surface area contributed by atoms with Crippen LogP contribution in [0.25, 0.3) is 0 Å². The molecule has 3 aliphatic rings. The fourth-order valence-electron chi connectivity index (χ4n) is 4.62. The summed E-state index contributed by atoms with van der Waals surface area (Å²) in [4.78, 5) is 12.0. The van der Waals surface area contributed by atoms with Gasteiger partial charge in [-0.25, -0.2) is 0 Å². The number of allylic oxidation sites excluding steroid dienone is 1. The van der Waals surface area contributed by atoms with Gasteiger partial charge in [-0.2, -0.15) is 0 Å². The number of carbonyl (C=O) groups is 1. The van der Waals surface area contributed by atoms with Gasteiger partial charge in [0.1, 0.15) is 0 Å². The zero-order valence-electron chi connectivity index (χ0n) is 11.4. The molecule has 0 radical (unpaired) electrons. The van der Waals surface area contributed by atoms with Crippen LogP contribution in [0.1, 0.15) is 33.6 Å². The first-order valence-electron chi connectivity index (χ1n) is 6.85. The summed E-state index contributed by atoms with van der Waals surface area (Å²) < 4.78 is 5.27. The summed E-state index contributed by atoms with van der Waals surface area (Å²) >= 11 is 0. The standard InChI is InChI=1S/C15H22O3/c1-8-11-9(14(2,3)17)5-6-15(8,4)10-7-18-13(16)12(10)11/h9-12,17H,1,5-7H2,2-4H3/t9?,10-,11-,12+,15-/m1/s1. The lowest BCUT2D eigenvalue weighted by Gasteiger charge is -2.43. The number of hydrogen-bond donors (Lipinski definition) is 1. The van der Waals surface area contributed by atoms with E-state index >= 15 is 0 Å². The number of hydrogen-bond acceptors (Lipinski definition) is 3. The van der Waals surface area contributed by atoms with Crippen molar-refractivity contribution >= 4 is 5.97 Å². The monoisotopic (exact) mass is 250 g/mol. The molecule has 0 aromatic carbocycles. The van der Waals surface area contributed by atoms with Gasteiger partial charge in [-0.3, -0.25) is 4.79 Å². The summed E-state index contributed by atoms with van der Waals surface area (Å²) in [5.41, 5.74) is 0.447. The first-order chi connectivity index (χ1) is 8.27. The molecule has 1 N–H and O–H groups in total. The summed E-state index contributed by atoms with van der Waals surface area (Å²) in [6.45, 7) is 10.7. The molecule has 3 heteroatoms. The van der Waals surface area contributed by atoms with E-state index in [1.54, 1.807) is 0 Å². The van der Waals surface area contributed by atoms with Crippen LogP contribution in [0, 0.1) is 29.1 Å². The van der Waals surface area contributed by atoms with Crippen molar-refractivity contribution < 1.29 is 14.6 Å². The maximum absolute atomic E-state index is 12.0. The highest BCUT2D eigenvalue weighted by Gasteiger charge is 2.65. The van der Waals surface area contributed by atoms with Crippen LogP contribution in [-0.2, 0) is 9.53 Å². The first kappa shape index (κ1) is 12.2. The van der Waals surface area contributed by atoms with E-state index in [9.17, 15) is 9.90 Å². The molecule has 2 aliphatic carbocycles. The van der Waals surface area contributed by atoms with Crippen LogP contribution >= 0.6 is 0 Å². The maximum Gasteiger partial charge on any atom is 0.310 e. The molecule has 0 spiro atoms. The second kappa shape index (κ2) is 3.38. The number of fused-ring (bicyclic) bond motifs is 5. The van der Waals surface area contributed by atoms with Crippen LogP contribution in [-0.4, -0.2) is 23.3 Å². The predicted octanol–water partition coefficient (Wildman–Crippen LogP) is 2.15. The van der Waals surface area contributed by atoms with Gasteiger partial charge in [0.15, 0.2) is 0 Å². The van der Waals surface area contributed by atoms with Gasteiger partial charge in [0, 0.05) is 5.92 Å². The van der Waals surface area contributed by atoms with Gasteiger partial charge in [-0.1, -0.05) is 19.1 Å². The van der Waals surface area contributed by atoms with Crippen LogP contribution in [0.2, 0.25) is 0 Å². The molecule has 1 heterocycles. The Morgan fingerprint density at radius 2 is 2.11 bits per heavy atom. The normalized spacial score (nSPS) is 47.1. The van der Waals surface area contributed by atoms with Crippen LogP contribution < -0.4 is 0 Å². The van der Waals surface area contributed by atoms with Crippen LogP contribution in [0.5, 0.6) is 0 Å². The Kier molecular flexibility index (Phi) is 2.30. The van der Waals surface area contributed by atoms with Crippen molar-refractivity contribution in [2.24, 2.45) is 29.1 Å². The molecule has 2 bridgehead atoms. The van der Waals surface area contributed by atoms with E-state index in [1.807, 2.05) is 13.8 Å². The number of aliphatic hydroxyl groups is 1. The molecule has 0 amide bonds. The van der Waals surface area contributed by atoms with Crippen molar-refractivity contribution in [2.45, 2.75) is 39.2 Å². The highest BCUT2D eigenvalue weighted by Crippen LogP contribution is 2.65. The zero-order valence-corrected chi connectivity index (χ0v) is 11.4. The summed E-state index contributed by atoms with van der Waals surface area (Å²) in [6, 6.07) is 0. The summed E-state index contributed by atoms with van der Waals surface area (Å²) in [7, 11) is 0.